The van der Waals surface area contributed by atoms with E-state index in [2.05, 4.69) is 0 Å². The van der Waals surface area contributed by atoms with E-state index in [4.69, 9.17) is 25.8 Å². The van der Waals surface area contributed by atoms with Crippen LogP contribution in [0, 0.1) is 0 Å². The van der Waals surface area contributed by atoms with Crippen molar-refractivity contribution in [2.24, 2.45) is 0 Å². The number of nitrogens with zero attached hydrogens (tertiary/aromatic N) is 1. The molecule has 6 heteroatoms. The molecule has 120 valence electrons. The predicted molar refractivity (Wildman–Crippen MR) is 87.8 cm³/mol. The molecule has 3 rings (SSSR count). The number of para-hydroxylation sites is 2. The second kappa shape index (κ2) is 6.79. The Morgan fingerprint density at radius 1 is 1.26 bits per heavy atom. The molecule has 0 spiro atoms. The number of benzene rings is 2. The third kappa shape index (κ3) is 3.35. The van der Waals surface area contributed by atoms with Gasteiger partial charge < -0.3 is 19.1 Å². The van der Waals surface area contributed by atoms with Crippen molar-refractivity contribution < 1.29 is 19.0 Å². The van der Waals surface area contributed by atoms with Gasteiger partial charge in [-0.25, -0.2) is 0 Å². The minimum atomic E-state index is -0.164. The second-order valence-corrected chi connectivity index (χ2v) is 5.38. The van der Waals surface area contributed by atoms with Crippen molar-refractivity contribution in [3.8, 4) is 17.2 Å². The Bertz CT molecular complexity index is 719. The van der Waals surface area contributed by atoms with Crippen molar-refractivity contribution in [3.05, 3.63) is 47.5 Å². The Morgan fingerprint density at radius 3 is 2.83 bits per heavy atom. The molecule has 0 radical (unpaired) electrons. The third-order valence-electron chi connectivity index (χ3n) is 3.51. The van der Waals surface area contributed by atoms with Crippen molar-refractivity contribution in [1.29, 1.82) is 0 Å². The van der Waals surface area contributed by atoms with Crippen molar-refractivity contribution in [1.82, 2.24) is 0 Å². The van der Waals surface area contributed by atoms with Crippen LogP contribution in [0.1, 0.15) is 0 Å². The van der Waals surface area contributed by atoms with E-state index >= 15 is 0 Å². The lowest BCUT2D eigenvalue weighted by molar-refractivity contribution is -0.120. The summed E-state index contributed by atoms with van der Waals surface area (Å²) in [4.78, 5) is 14.1. The van der Waals surface area contributed by atoms with Crippen LogP contribution in [-0.4, -0.2) is 32.8 Å². The van der Waals surface area contributed by atoms with Gasteiger partial charge in [0.25, 0.3) is 5.91 Å². The highest BCUT2D eigenvalue weighted by atomic mass is 35.5. The Labute approximate surface area is 139 Å². The van der Waals surface area contributed by atoms with E-state index in [-0.39, 0.29) is 12.5 Å². The zero-order valence-corrected chi connectivity index (χ0v) is 13.4. The first-order chi connectivity index (χ1) is 11.2. The third-order valence-corrected chi connectivity index (χ3v) is 3.74. The zero-order valence-electron chi connectivity index (χ0n) is 12.6. The molecule has 0 bridgehead atoms. The summed E-state index contributed by atoms with van der Waals surface area (Å²) in [5, 5.41) is 0.553. The van der Waals surface area contributed by atoms with Gasteiger partial charge in [-0.1, -0.05) is 23.7 Å². The number of hydrogen-bond acceptors (Lipinski definition) is 4. The van der Waals surface area contributed by atoms with Gasteiger partial charge in [-0.3, -0.25) is 4.79 Å². The molecular weight excluding hydrogens is 318 g/mol. The molecular formula is C17H16ClNO4. The molecule has 0 fully saturated rings. The molecule has 0 aromatic heterocycles. The molecule has 0 atom stereocenters. The number of methoxy groups -OCH3 is 1. The molecule has 0 saturated carbocycles. The van der Waals surface area contributed by atoms with Gasteiger partial charge in [0.1, 0.15) is 12.4 Å². The molecule has 2 aromatic rings. The average molecular weight is 334 g/mol. The highest BCUT2D eigenvalue weighted by Gasteiger charge is 2.24. The maximum Gasteiger partial charge on any atom is 0.265 e. The minimum Gasteiger partial charge on any atom is -0.493 e. The molecule has 1 aliphatic rings. The topological polar surface area (TPSA) is 48.0 Å². The Morgan fingerprint density at radius 2 is 2.04 bits per heavy atom. The number of ether oxygens (including phenoxy) is 3. The fourth-order valence-electron chi connectivity index (χ4n) is 2.41. The van der Waals surface area contributed by atoms with E-state index in [1.165, 1.54) is 0 Å². The van der Waals surface area contributed by atoms with Crippen LogP contribution in [0.5, 0.6) is 17.2 Å². The van der Waals surface area contributed by atoms with E-state index in [0.717, 1.165) is 0 Å². The van der Waals surface area contributed by atoms with Gasteiger partial charge >= 0.3 is 0 Å². The standard InChI is InChI=1S/C17H16ClNO4/c1-21-15-4-2-3-5-16(15)23-11-17(20)19-8-9-22-14-7-6-12(18)10-13(14)19/h2-7,10H,8-9,11H2,1H3. The maximum atomic E-state index is 12.5. The Kier molecular flexibility index (Phi) is 4.57. The van der Waals surface area contributed by atoms with E-state index in [1.54, 1.807) is 42.3 Å². The van der Waals surface area contributed by atoms with Gasteiger partial charge in [0.05, 0.1) is 19.3 Å². The minimum absolute atomic E-state index is 0.0909. The number of amides is 1. The average Bonchev–Trinajstić information content (AvgIpc) is 2.59. The number of anilines is 1. The Hall–Kier alpha value is -2.40. The molecule has 2 aromatic carbocycles. The fraction of sp³-hybridized carbons (Fsp3) is 0.235. The van der Waals surface area contributed by atoms with E-state index in [1.807, 2.05) is 12.1 Å². The van der Waals surface area contributed by atoms with E-state index in [0.29, 0.717) is 41.1 Å². The van der Waals surface area contributed by atoms with Crippen LogP contribution in [-0.2, 0) is 4.79 Å². The first kappa shape index (κ1) is 15.5. The molecule has 1 amide bonds. The molecule has 0 N–H and O–H groups in total. The lowest BCUT2D eigenvalue weighted by Gasteiger charge is -2.29. The summed E-state index contributed by atoms with van der Waals surface area (Å²) in [6, 6.07) is 12.4. The van der Waals surface area contributed by atoms with Crippen LogP contribution in [0.3, 0.4) is 0 Å². The summed E-state index contributed by atoms with van der Waals surface area (Å²) in [5.41, 5.74) is 0.664. The smallest absolute Gasteiger partial charge is 0.265 e. The van der Waals surface area contributed by atoms with Crippen LogP contribution in [0.2, 0.25) is 5.02 Å². The van der Waals surface area contributed by atoms with Gasteiger partial charge in [-0.2, -0.15) is 0 Å². The summed E-state index contributed by atoms with van der Waals surface area (Å²) in [7, 11) is 1.56. The number of rotatable bonds is 4. The number of carbonyl (C=O) groups is 1. The monoisotopic (exact) mass is 333 g/mol. The first-order valence-corrected chi connectivity index (χ1v) is 7.55. The fourth-order valence-corrected chi connectivity index (χ4v) is 2.57. The molecule has 0 saturated heterocycles. The van der Waals surface area contributed by atoms with Crippen LogP contribution in [0.15, 0.2) is 42.5 Å². The SMILES string of the molecule is COc1ccccc1OCC(=O)N1CCOc2ccc(Cl)cc21. The van der Waals surface area contributed by atoms with Gasteiger partial charge in [-0.05, 0) is 30.3 Å². The highest BCUT2D eigenvalue weighted by molar-refractivity contribution is 6.31. The summed E-state index contributed by atoms with van der Waals surface area (Å²) in [5.74, 6) is 1.60. The number of halogens is 1. The summed E-state index contributed by atoms with van der Waals surface area (Å²) in [6.07, 6.45) is 0. The highest BCUT2D eigenvalue weighted by Crippen LogP contribution is 2.34. The molecule has 23 heavy (non-hydrogen) atoms. The first-order valence-electron chi connectivity index (χ1n) is 7.17. The van der Waals surface area contributed by atoms with Crippen LogP contribution in [0.4, 0.5) is 5.69 Å². The summed E-state index contributed by atoms with van der Waals surface area (Å²) in [6.45, 7) is 0.808. The van der Waals surface area contributed by atoms with Crippen molar-refractivity contribution in [2.45, 2.75) is 0 Å². The number of hydrogen-bond donors (Lipinski definition) is 0. The number of fused-ring (bicyclic) bond motifs is 1. The number of carbonyl (C=O) groups excluding carboxylic acids is 1. The molecule has 5 nitrogen and oxygen atoms in total. The normalized spacial score (nSPS) is 13.0. The van der Waals surface area contributed by atoms with Crippen LogP contribution in [0.25, 0.3) is 0 Å². The van der Waals surface area contributed by atoms with Crippen molar-refractivity contribution >= 4 is 23.2 Å². The summed E-state index contributed by atoms with van der Waals surface area (Å²) >= 11 is 6.02. The lowest BCUT2D eigenvalue weighted by Crippen LogP contribution is -2.40. The maximum absolute atomic E-state index is 12.5. The molecule has 0 aliphatic carbocycles. The zero-order chi connectivity index (χ0) is 16.2. The van der Waals surface area contributed by atoms with E-state index < -0.39 is 0 Å². The van der Waals surface area contributed by atoms with Crippen molar-refractivity contribution in [2.75, 3.05) is 31.8 Å². The van der Waals surface area contributed by atoms with Gasteiger partial charge in [0, 0.05) is 5.02 Å². The van der Waals surface area contributed by atoms with Gasteiger partial charge in [0.2, 0.25) is 0 Å². The largest absolute Gasteiger partial charge is 0.493 e. The Balaban J connectivity index is 1.74. The summed E-state index contributed by atoms with van der Waals surface area (Å²) < 4.78 is 16.4. The van der Waals surface area contributed by atoms with E-state index in [9.17, 15) is 4.79 Å². The lowest BCUT2D eigenvalue weighted by atomic mass is 10.2. The van der Waals surface area contributed by atoms with Crippen LogP contribution < -0.4 is 19.1 Å². The molecule has 1 aliphatic heterocycles. The predicted octanol–water partition coefficient (Wildman–Crippen LogP) is 3.15. The van der Waals surface area contributed by atoms with Gasteiger partial charge in [-0.15, -0.1) is 0 Å². The van der Waals surface area contributed by atoms with Crippen molar-refractivity contribution in [3.63, 3.8) is 0 Å². The van der Waals surface area contributed by atoms with Gasteiger partial charge in [0.15, 0.2) is 18.1 Å². The quantitative estimate of drug-likeness (QED) is 0.862. The second-order valence-electron chi connectivity index (χ2n) is 4.95. The molecule has 1 heterocycles. The van der Waals surface area contributed by atoms with Crippen LogP contribution >= 0.6 is 11.6 Å². The molecule has 0 unspecified atom stereocenters.